The first-order valence-electron chi connectivity index (χ1n) is 9.76. The van der Waals surface area contributed by atoms with Crippen LogP contribution >= 0.6 is 15.9 Å². The third-order valence-corrected chi connectivity index (χ3v) is 5.69. The number of nitrogens with zero attached hydrogens (tertiary/aromatic N) is 3. The van der Waals surface area contributed by atoms with Crippen molar-refractivity contribution in [1.82, 2.24) is 9.55 Å². The van der Waals surface area contributed by atoms with E-state index < -0.39 is 17.9 Å². The first kappa shape index (κ1) is 20.6. The number of rotatable bonds is 6. The molecule has 1 aliphatic heterocycles. The molecule has 30 heavy (non-hydrogen) atoms. The van der Waals surface area contributed by atoms with Gasteiger partial charge in [0.25, 0.3) is 0 Å². The molecule has 2 atom stereocenters. The maximum Gasteiger partial charge on any atom is 0.321 e. The summed E-state index contributed by atoms with van der Waals surface area (Å²) in [5.74, 6) is -1.40. The molecule has 2 aromatic carbocycles. The van der Waals surface area contributed by atoms with Crippen LogP contribution < -0.4 is 4.90 Å². The largest absolute Gasteiger partial charge is 0.465 e. The van der Waals surface area contributed by atoms with Crippen LogP contribution in [0.3, 0.4) is 0 Å². The van der Waals surface area contributed by atoms with E-state index in [1.165, 1.54) is 4.90 Å². The second-order valence-corrected chi connectivity index (χ2v) is 7.90. The third-order valence-electron chi connectivity index (χ3n) is 5.19. The van der Waals surface area contributed by atoms with Crippen LogP contribution in [0.25, 0.3) is 11.0 Å². The van der Waals surface area contributed by atoms with Crippen molar-refractivity contribution in [2.45, 2.75) is 13.0 Å². The second-order valence-electron chi connectivity index (χ2n) is 6.98. The van der Waals surface area contributed by atoms with E-state index in [4.69, 9.17) is 14.5 Å². The minimum atomic E-state index is -1.03. The summed E-state index contributed by atoms with van der Waals surface area (Å²) < 4.78 is 13.4. The van der Waals surface area contributed by atoms with Crippen LogP contribution in [0, 0.1) is 5.92 Å². The smallest absolute Gasteiger partial charge is 0.321 e. The number of hydrogen-bond donors (Lipinski definition) is 0. The molecule has 8 heteroatoms. The van der Waals surface area contributed by atoms with Crippen LogP contribution in [-0.2, 0) is 19.1 Å². The van der Waals surface area contributed by atoms with Crippen LogP contribution in [0.1, 0.15) is 18.5 Å². The molecular formula is C22H22BrN3O4. The van der Waals surface area contributed by atoms with Crippen LogP contribution in [-0.4, -0.2) is 48.3 Å². The molecule has 2 heterocycles. The van der Waals surface area contributed by atoms with Gasteiger partial charge in [-0.1, -0.05) is 40.2 Å². The Kier molecular flexibility index (Phi) is 5.87. The molecule has 0 saturated carbocycles. The fourth-order valence-electron chi connectivity index (χ4n) is 3.93. The molecule has 0 radical (unpaired) electrons. The van der Waals surface area contributed by atoms with E-state index in [1.807, 2.05) is 53.1 Å². The molecule has 0 saturated heterocycles. The number of esters is 1. The Labute approximate surface area is 182 Å². The predicted octanol–water partition coefficient (Wildman–Crippen LogP) is 3.56. The highest BCUT2D eigenvalue weighted by Crippen LogP contribution is 2.41. The highest BCUT2D eigenvalue weighted by atomic mass is 79.9. The fourth-order valence-corrected chi connectivity index (χ4v) is 4.35. The highest BCUT2D eigenvalue weighted by molar-refractivity contribution is 9.10. The molecule has 7 nitrogen and oxygen atoms in total. The quantitative estimate of drug-likeness (QED) is 0.405. The van der Waals surface area contributed by atoms with Gasteiger partial charge in [0.05, 0.1) is 36.8 Å². The zero-order valence-electron chi connectivity index (χ0n) is 16.7. The number of para-hydroxylation sites is 2. The van der Waals surface area contributed by atoms with E-state index in [0.29, 0.717) is 19.1 Å². The van der Waals surface area contributed by atoms with E-state index in [1.54, 1.807) is 14.0 Å². The molecule has 0 bridgehead atoms. The number of halogens is 1. The standard InChI is InChI=1S/C22H22BrN3O4/c1-3-30-21(28)18-19(14-7-6-8-15(23)13-14)26-17-10-5-4-9-16(17)24-22(26)25(20(18)27)11-12-29-2/h4-10,13,18-19H,3,11-12H2,1-2H3/t18-,19-/m1/s1. The van der Waals surface area contributed by atoms with Gasteiger partial charge < -0.3 is 14.0 Å². The molecule has 1 amide bonds. The number of fused-ring (bicyclic) bond motifs is 3. The van der Waals surface area contributed by atoms with E-state index >= 15 is 0 Å². The summed E-state index contributed by atoms with van der Waals surface area (Å²) in [5, 5.41) is 0. The number of carbonyl (C=O) groups is 2. The van der Waals surface area contributed by atoms with Crippen molar-refractivity contribution in [3.63, 3.8) is 0 Å². The third kappa shape index (κ3) is 3.50. The molecule has 1 aromatic heterocycles. The van der Waals surface area contributed by atoms with Crippen LogP contribution in [0.2, 0.25) is 0 Å². The van der Waals surface area contributed by atoms with Crippen molar-refractivity contribution >= 4 is 44.8 Å². The minimum absolute atomic E-state index is 0.198. The van der Waals surface area contributed by atoms with Crippen molar-refractivity contribution in [3.8, 4) is 0 Å². The van der Waals surface area contributed by atoms with Crippen molar-refractivity contribution in [2.75, 3.05) is 31.8 Å². The Bertz CT molecular complexity index is 1100. The molecule has 1 aliphatic rings. The lowest BCUT2D eigenvalue weighted by molar-refractivity contribution is -0.153. The van der Waals surface area contributed by atoms with Crippen molar-refractivity contribution in [3.05, 3.63) is 58.6 Å². The Morgan fingerprint density at radius 3 is 2.73 bits per heavy atom. The Morgan fingerprint density at radius 2 is 2.00 bits per heavy atom. The maximum atomic E-state index is 13.6. The zero-order chi connectivity index (χ0) is 21.3. The van der Waals surface area contributed by atoms with Crippen molar-refractivity contribution in [2.24, 2.45) is 5.92 Å². The number of carbonyl (C=O) groups excluding carboxylic acids is 2. The summed E-state index contributed by atoms with van der Waals surface area (Å²) in [6.45, 7) is 2.55. The van der Waals surface area contributed by atoms with Gasteiger partial charge in [-0.25, -0.2) is 4.98 Å². The van der Waals surface area contributed by atoms with E-state index in [-0.39, 0.29) is 12.5 Å². The van der Waals surface area contributed by atoms with E-state index in [9.17, 15) is 9.59 Å². The summed E-state index contributed by atoms with van der Waals surface area (Å²) in [4.78, 5) is 32.8. The first-order valence-corrected chi connectivity index (χ1v) is 10.6. The summed E-state index contributed by atoms with van der Waals surface area (Å²) in [5.41, 5.74) is 2.43. The topological polar surface area (TPSA) is 73.7 Å². The van der Waals surface area contributed by atoms with Gasteiger partial charge in [-0.3, -0.25) is 14.5 Å². The average molecular weight is 472 g/mol. The van der Waals surface area contributed by atoms with Crippen molar-refractivity contribution < 1.29 is 19.1 Å². The van der Waals surface area contributed by atoms with Crippen LogP contribution in [0.4, 0.5) is 5.95 Å². The van der Waals surface area contributed by atoms with Gasteiger partial charge >= 0.3 is 5.97 Å². The number of amides is 1. The minimum Gasteiger partial charge on any atom is -0.465 e. The number of ether oxygens (including phenoxy) is 2. The highest BCUT2D eigenvalue weighted by Gasteiger charge is 2.47. The molecule has 156 valence electrons. The molecule has 0 unspecified atom stereocenters. The lowest BCUT2D eigenvalue weighted by Crippen LogP contribution is -2.51. The molecular weight excluding hydrogens is 450 g/mol. The van der Waals surface area contributed by atoms with Gasteiger partial charge in [-0.05, 0) is 36.8 Å². The molecule has 0 spiro atoms. The Morgan fingerprint density at radius 1 is 1.20 bits per heavy atom. The Hall–Kier alpha value is -2.71. The second kappa shape index (κ2) is 8.57. The summed E-state index contributed by atoms with van der Waals surface area (Å²) in [7, 11) is 1.57. The average Bonchev–Trinajstić information content (AvgIpc) is 3.11. The Balaban J connectivity index is 1.98. The van der Waals surface area contributed by atoms with E-state index in [0.717, 1.165) is 21.1 Å². The van der Waals surface area contributed by atoms with Gasteiger partial charge in [0.1, 0.15) is 0 Å². The fraction of sp³-hybridized carbons (Fsp3) is 0.318. The number of hydrogen-bond acceptors (Lipinski definition) is 5. The molecule has 0 N–H and O–H groups in total. The van der Waals surface area contributed by atoms with Crippen LogP contribution in [0.5, 0.6) is 0 Å². The van der Waals surface area contributed by atoms with Gasteiger partial charge in [0.2, 0.25) is 11.9 Å². The monoisotopic (exact) mass is 471 g/mol. The SMILES string of the molecule is CCOC(=O)[C@H]1C(=O)N(CCOC)c2nc3ccccc3n2[C@@H]1c1cccc(Br)c1. The van der Waals surface area contributed by atoms with Gasteiger partial charge in [-0.2, -0.15) is 0 Å². The summed E-state index contributed by atoms with van der Waals surface area (Å²) in [6.07, 6.45) is 0. The molecule has 0 fully saturated rings. The molecule has 3 aromatic rings. The van der Waals surface area contributed by atoms with Crippen molar-refractivity contribution in [1.29, 1.82) is 0 Å². The number of benzene rings is 2. The van der Waals surface area contributed by atoms with Gasteiger partial charge in [-0.15, -0.1) is 0 Å². The first-order chi connectivity index (χ1) is 14.6. The van der Waals surface area contributed by atoms with Gasteiger partial charge in [0, 0.05) is 11.6 Å². The molecule has 4 rings (SSSR count). The molecule has 0 aliphatic carbocycles. The zero-order valence-corrected chi connectivity index (χ0v) is 18.3. The number of anilines is 1. The van der Waals surface area contributed by atoms with Gasteiger partial charge in [0.15, 0.2) is 5.92 Å². The van der Waals surface area contributed by atoms with Crippen LogP contribution in [0.15, 0.2) is 53.0 Å². The normalized spacial score (nSPS) is 18.5. The lowest BCUT2D eigenvalue weighted by Gasteiger charge is -2.37. The van der Waals surface area contributed by atoms with E-state index in [2.05, 4.69) is 15.9 Å². The maximum absolute atomic E-state index is 13.6. The predicted molar refractivity (Wildman–Crippen MR) is 116 cm³/mol. The number of aromatic nitrogens is 2. The summed E-state index contributed by atoms with van der Waals surface area (Å²) >= 11 is 3.51. The summed E-state index contributed by atoms with van der Waals surface area (Å²) in [6, 6.07) is 14.7. The number of methoxy groups -OCH3 is 1. The lowest BCUT2D eigenvalue weighted by atomic mass is 9.89. The number of imidazole rings is 1.